The molecule has 2 fully saturated rings. The first-order valence-corrected chi connectivity index (χ1v) is 8.62. The highest BCUT2D eigenvalue weighted by atomic mass is 32.2. The third-order valence-corrected chi connectivity index (χ3v) is 6.00. The van der Waals surface area contributed by atoms with E-state index in [9.17, 15) is 0 Å². The highest BCUT2D eigenvalue weighted by Crippen LogP contribution is 2.44. The average molecular weight is 271 g/mol. The third kappa shape index (κ3) is 3.05. The van der Waals surface area contributed by atoms with Crippen LogP contribution in [0.3, 0.4) is 0 Å². The summed E-state index contributed by atoms with van der Waals surface area (Å²) in [5, 5.41) is 4.79. The van der Waals surface area contributed by atoms with Crippen LogP contribution in [-0.2, 0) is 4.74 Å². The molecule has 2 nitrogen and oxygen atoms in total. The summed E-state index contributed by atoms with van der Waals surface area (Å²) < 4.78 is 5.80. The van der Waals surface area contributed by atoms with Crippen molar-refractivity contribution in [3.8, 4) is 0 Å². The summed E-state index contributed by atoms with van der Waals surface area (Å²) in [6, 6.07) is 1.41. The SMILES string of the molecule is CCOC1CC(NC2CCC(SCC)C2)C1(C)C. The van der Waals surface area contributed by atoms with Gasteiger partial charge in [-0.1, -0.05) is 20.8 Å². The van der Waals surface area contributed by atoms with Crippen LogP contribution in [0, 0.1) is 5.41 Å². The number of nitrogens with one attached hydrogen (secondary N) is 1. The summed E-state index contributed by atoms with van der Waals surface area (Å²) >= 11 is 2.14. The van der Waals surface area contributed by atoms with Crippen molar-refractivity contribution < 1.29 is 4.74 Å². The Morgan fingerprint density at radius 3 is 2.61 bits per heavy atom. The van der Waals surface area contributed by atoms with Crippen molar-refractivity contribution in [2.45, 2.75) is 76.8 Å². The predicted octanol–water partition coefficient (Wildman–Crippen LogP) is 3.45. The molecule has 0 heterocycles. The molecule has 18 heavy (non-hydrogen) atoms. The molecule has 2 aliphatic rings. The van der Waals surface area contributed by atoms with E-state index in [1.807, 2.05) is 0 Å². The van der Waals surface area contributed by atoms with E-state index < -0.39 is 0 Å². The van der Waals surface area contributed by atoms with Crippen molar-refractivity contribution in [3.63, 3.8) is 0 Å². The van der Waals surface area contributed by atoms with Gasteiger partial charge in [-0.05, 0) is 38.4 Å². The van der Waals surface area contributed by atoms with Crippen LogP contribution < -0.4 is 5.32 Å². The maximum Gasteiger partial charge on any atom is 0.0655 e. The number of ether oxygens (including phenoxy) is 1. The van der Waals surface area contributed by atoms with Crippen LogP contribution >= 0.6 is 11.8 Å². The molecule has 0 aromatic heterocycles. The number of hydrogen-bond acceptors (Lipinski definition) is 3. The van der Waals surface area contributed by atoms with E-state index >= 15 is 0 Å². The first-order valence-electron chi connectivity index (χ1n) is 7.57. The topological polar surface area (TPSA) is 21.3 Å². The van der Waals surface area contributed by atoms with Crippen molar-refractivity contribution in [1.82, 2.24) is 5.32 Å². The van der Waals surface area contributed by atoms with E-state index in [1.165, 1.54) is 31.4 Å². The summed E-state index contributed by atoms with van der Waals surface area (Å²) in [6.07, 6.45) is 5.79. The Morgan fingerprint density at radius 1 is 1.22 bits per heavy atom. The molecule has 4 atom stereocenters. The molecular formula is C15H29NOS. The van der Waals surface area contributed by atoms with E-state index in [0.29, 0.717) is 17.6 Å². The normalized spacial score (nSPS) is 38.7. The standard InChI is InChI=1S/C15H29NOS/c1-5-17-14-10-13(15(14,3)4)16-11-7-8-12(9-11)18-6-2/h11-14,16H,5-10H2,1-4H3. The summed E-state index contributed by atoms with van der Waals surface area (Å²) in [5.74, 6) is 1.26. The van der Waals surface area contributed by atoms with Gasteiger partial charge in [-0.3, -0.25) is 0 Å². The summed E-state index contributed by atoms with van der Waals surface area (Å²) in [7, 11) is 0. The van der Waals surface area contributed by atoms with Crippen molar-refractivity contribution in [3.05, 3.63) is 0 Å². The van der Waals surface area contributed by atoms with Crippen LogP contribution in [0.2, 0.25) is 0 Å². The van der Waals surface area contributed by atoms with Gasteiger partial charge in [0.25, 0.3) is 0 Å². The fourth-order valence-electron chi connectivity index (χ4n) is 3.42. The molecule has 4 unspecified atom stereocenters. The minimum Gasteiger partial charge on any atom is -0.378 e. The molecule has 0 radical (unpaired) electrons. The lowest BCUT2D eigenvalue weighted by molar-refractivity contribution is -0.116. The lowest BCUT2D eigenvalue weighted by atomic mass is 9.64. The van der Waals surface area contributed by atoms with Crippen LogP contribution in [0.4, 0.5) is 0 Å². The van der Waals surface area contributed by atoms with E-state index in [-0.39, 0.29) is 0 Å². The zero-order valence-electron chi connectivity index (χ0n) is 12.4. The van der Waals surface area contributed by atoms with E-state index in [0.717, 1.165) is 17.9 Å². The smallest absolute Gasteiger partial charge is 0.0655 e. The molecule has 0 saturated heterocycles. The molecule has 0 amide bonds. The first kappa shape index (κ1) is 14.7. The van der Waals surface area contributed by atoms with E-state index in [4.69, 9.17) is 4.74 Å². The monoisotopic (exact) mass is 271 g/mol. The lowest BCUT2D eigenvalue weighted by Crippen LogP contribution is -2.62. The van der Waals surface area contributed by atoms with Crippen molar-refractivity contribution in [2.24, 2.45) is 5.41 Å². The maximum atomic E-state index is 5.80. The molecule has 0 aliphatic heterocycles. The Labute approximate surface area is 117 Å². The zero-order chi connectivity index (χ0) is 13.2. The van der Waals surface area contributed by atoms with Crippen LogP contribution in [-0.4, -0.2) is 35.8 Å². The first-order chi connectivity index (χ1) is 8.57. The second kappa shape index (κ2) is 6.15. The van der Waals surface area contributed by atoms with Crippen LogP contribution in [0.1, 0.15) is 53.4 Å². The quantitative estimate of drug-likeness (QED) is 0.799. The molecule has 2 aliphatic carbocycles. The van der Waals surface area contributed by atoms with E-state index in [1.54, 1.807) is 0 Å². The predicted molar refractivity (Wildman–Crippen MR) is 80.3 cm³/mol. The highest BCUT2D eigenvalue weighted by molar-refractivity contribution is 7.99. The van der Waals surface area contributed by atoms with E-state index in [2.05, 4.69) is 44.8 Å². The second-order valence-electron chi connectivity index (χ2n) is 6.31. The van der Waals surface area contributed by atoms with Gasteiger partial charge in [-0.15, -0.1) is 0 Å². The van der Waals surface area contributed by atoms with Gasteiger partial charge in [-0.25, -0.2) is 0 Å². The van der Waals surface area contributed by atoms with Crippen LogP contribution in [0.25, 0.3) is 0 Å². The Bertz CT molecular complexity index is 269. The number of rotatable bonds is 6. The van der Waals surface area contributed by atoms with Crippen molar-refractivity contribution in [1.29, 1.82) is 0 Å². The van der Waals surface area contributed by atoms with Gasteiger partial charge in [0.05, 0.1) is 6.10 Å². The fraction of sp³-hybridized carbons (Fsp3) is 1.00. The Kier molecular flexibility index (Phi) is 5.01. The number of hydrogen-bond donors (Lipinski definition) is 1. The molecule has 3 heteroatoms. The summed E-state index contributed by atoms with van der Waals surface area (Å²) in [6.45, 7) is 9.91. The van der Waals surface area contributed by atoms with Crippen molar-refractivity contribution >= 4 is 11.8 Å². The maximum absolute atomic E-state index is 5.80. The largest absolute Gasteiger partial charge is 0.378 e. The fourth-order valence-corrected chi connectivity index (χ4v) is 4.56. The molecule has 2 saturated carbocycles. The second-order valence-corrected chi connectivity index (χ2v) is 7.88. The molecule has 0 bridgehead atoms. The molecular weight excluding hydrogens is 242 g/mol. The Balaban J connectivity index is 1.75. The summed E-state index contributed by atoms with van der Waals surface area (Å²) in [5.41, 5.74) is 0.312. The minimum atomic E-state index is 0.312. The van der Waals surface area contributed by atoms with Gasteiger partial charge < -0.3 is 10.1 Å². The Morgan fingerprint density at radius 2 is 2.00 bits per heavy atom. The lowest BCUT2D eigenvalue weighted by Gasteiger charge is -2.52. The highest BCUT2D eigenvalue weighted by Gasteiger charge is 2.49. The van der Waals surface area contributed by atoms with Gasteiger partial charge in [-0.2, -0.15) is 11.8 Å². The van der Waals surface area contributed by atoms with Gasteiger partial charge in [0.2, 0.25) is 0 Å². The molecule has 0 aromatic rings. The van der Waals surface area contributed by atoms with Gasteiger partial charge in [0.15, 0.2) is 0 Å². The summed E-state index contributed by atoms with van der Waals surface area (Å²) in [4.78, 5) is 0. The van der Waals surface area contributed by atoms with Gasteiger partial charge >= 0.3 is 0 Å². The minimum absolute atomic E-state index is 0.312. The molecule has 0 aromatic carbocycles. The van der Waals surface area contributed by atoms with Gasteiger partial charge in [0.1, 0.15) is 0 Å². The van der Waals surface area contributed by atoms with Crippen molar-refractivity contribution in [2.75, 3.05) is 12.4 Å². The molecule has 1 N–H and O–H groups in total. The Hall–Kier alpha value is 0.270. The molecule has 0 spiro atoms. The zero-order valence-corrected chi connectivity index (χ0v) is 13.2. The third-order valence-electron chi connectivity index (χ3n) is 4.77. The van der Waals surface area contributed by atoms with Crippen LogP contribution in [0.5, 0.6) is 0 Å². The average Bonchev–Trinajstić information content (AvgIpc) is 2.76. The number of thioether (sulfide) groups is 1. The molecule has 2 rings (SSSR count). The van der Waals surface area contributed by atoms with Gasteiger partial charge in [0, 0.05) is 29.4 Å². The van der Waals surface area contributed by atoms with Crippen LogP contribution in [0.15, 0.2) is 0 Å². The molecule has 106 valence electrons.